The standard InChI is InChI=1S/C11H7Br2NOS/c12-7-5-9(16-11(7)13)10(15)6-3-1-2-4-8(6)14/h1-5H,14H2. The van der Waals surface area contributed by atoms with Gasteiger partial charge in [-0.1, -0.05) is 12.1 Å². The molecule has 2 N–H and O–H groups in total. The van der Waals surface area contributed by atoms with Crippen LogP contribution in [0.4, 0.5) is 5.69 Å². The van der Waals surface area contributed by atoms with Gasteiger partial charge in [-0.25, -0.2) is 0 Å². The number of hydrogen-bond acceptors (Lipinski definition) is 3. The zero-order chi connectivity index (χ0) is 11.7. The third kappa shape index (κ3) is 2.21. The molecule has 2 nitrogen and oxygen atoms in total. The summed E-state index contributed by atoms with van der Waals surface area (Å²) in [4.78, 5) is 12.8. The Bertz CT molecular complexity index is 531. The molecule has 1 aromatic carbocycles. The quantitative estimate of drug-likeness (QED) is 0.647. The van der Waals surface area contributed by atoms with Crippen molar-refractivity contribution in [1.29, 1.82) is 0 Å². The number of para-hydroxylation sites is 1. The third-order valence-corrected chi connectivity index (χ3v) is 5.33. The Balaban J connectivity index is 2.43. The maximum atomic E-state index is 12.1. The monoisotopic (exact) mass is 359 g/mol. The lowest BCUT2D eigenvalue weighted by molar-refractivity contribution is 0.104. The van der Waals surface area contributed by atoms with Gasteiger partial charge in [0.2, 0.25) is 5.78 Å². The maximum Gasteiger partial charge on any atom is 0.205 e. The molecule has 0 unspecified atom stereocenters. The van der Waals surface area contributed by atoms with Crippen molar-refractivity contribution in [3.05, 3.63) is 49.0 Å². The number of halogens is 2. The normalized spacial score (nSPS) is 10.4. The van der Waals surface area contributed by atoms with Crippen LogP contribution in [-0.2, 0) is 0 Å². The van der Waals surface area contributed by atoms with Gasteiger partial charge in [0, 0.05) is 15.7 Å². The second kappa shape index (κ2) is 4.69. The average molecular weight is 361 g/mol. The van der Waals surface area contributed by atoms with Crippen LogP contribution in [-0.4, -0.2) is 5.78 Å². The van der Waals surface area contributed by atoms with Crippen molar-refractivity contribution < 1.29 is 4.79 Å². The van der Waals surface area contributed by atoms with E-state index in [4.69, 9.17) is 5.73 Å². The van der Waals surface area contributed by atoms with Crippen molar-refractivity contribution in [1.82, 2.24) is 0 Å². The largest absolute Gasteiger partial charge is 0.398 e. The highest BCUT2D eigenvalue weighted by molar-refractivity contribution is 9.13. The molecule has 0 aliphatic rings. The predicted molar refractivity (Wildman–Crippen MR) is 74.0 cm³/mol. The first-order valence-corrected chi connectivity index (χ1v) is 6.84. The summed E-state index contributed by atoms with van der Waals surface area (Å²) >= 11 is 8.11. The highest BCUT2D eigenvalue weighted by Gasteiger charge is 2.15. The lowest BCUT2D eigenvalue weighted by Gasteiger charge is -2.01. The fourth-order valence-corrected chi connectivity index (χ4v) is 3.28. The molecule has 0 bridgehead atoms. The maximum absolute atomic E-state index is 12.1. The first-order chi connectivity index (χ1) is 7.59. The number of benzene rings is 1. The molecule has 0 aliphatic heterocycles. The first kappa shape index (κ1) is 11.8. The van der Waals surface area contributed by atoms with Gasteiger partial charge in [0.25, 0.3) is 0 Å². The Labute approximate surface area is 114 Å². The van der Waals surface area contributed by atoms with Gasteiger partial charge in [-0.05, 0) is 50.1 Å². The van der Waals surface area contributed by atoms with Crippen molar-refractivity contribution in [2.75, 3.05) is 5.73 Å². The topological polar surface area (TPSA) is 43.1 Å². The third-order valence-electron chi connectivity index (χ3n) is 2.07. The Morgan fingerprint density at radius 1 is 1.25 bits per heavy atom. The summed E-state index contributed by atoms with van der Waals surface area (Å²) in [5, 5.41) is 0. The molecule has 1 heterocycles. The molecule has 0 spiro atoms. The molecular formula is C11H7Br2NOS. The Morgan fingerprint density at radius 3 is 2.50 bits per heavy atom. The lowest BCUT2D eigenvalue weighted by atomic mass is 10.1. The second-order valence-corrected chi connectivity index (χ2v) is 6.37. The smallest absolute Gasteiger partial charge is 0.205 e. The van der Waals surface area contributed by atoms with Gasteiger partial charge >= 0.3 is 0 Å². The molecule has 0 amide bonds. The van der Waals surface area contributed by atoms with E-state index >= 15 is 0 Å². The van der Waals surface area contributed by atoms with Gasteiger partial charge in [0.05, 0.1) is 8.66 Å². The van der Waals surface area contributed by atoms with E-state index in [1.54, 1.807) is 24.3 Å². The van der Waals surface area contributed by atoms with E-state index in [-0.39, 0.29) is 5.78 Å². The molecule has 0 saturated heterocycles. The number of ketones is 1. The summed E-state index contributed by atoms with van der Waals surface area (Å²) < 4.78 is 1.79. The number of carbonyl (C=O) groups excluding carboxylic acids is 1. The van der Waals surface area contributed by atoms with Gasteiger partial charge in [-0.2, -0.15) is 0 Å². The van der Waals surface area contributed by atoms with Crippen LogP contribution in [0.5, 0.6) is 0 Å². The lowest BCUT2D eigenvalue weighted by Crippen LogP contribution is -2.02. The minimum atomic E-state index is -0.0468. The van der Waals surface area contributed by atoms with E-state index in [0.717, 1.165) is 8.26 Å². The van der Waals surface area contributed by atoms with Crippen LogP contribution in [0.15, 0.2) is 38.6 Å². The summed E-state index contributed by atoms with van der Waals surface area (Å²) in [5.41, 5.74) is 6.82. The summed E-state index contributed by atoms with van der Waals surface area (Å²) in [6.07, 6.45) is 0. The Morgan fingerprint density at radius 2 is 1.94 bits per heavy atom. The highest BCUT2D eigenvalue weighted by atomic mass is 79.9. The summed E-state index contributed by atoms with van der Waals surface area (Å²) in [5.74, 6) is -0.0468. The Kier molecular flexibility index (Phi) is 3.47. The first-order valence-electron chi connectivity index (χ1n) is 4.43. The van der Waals surface area contributed by atoms with Gasteiger partial charge in [-0.15, -0.1) is 11.3 Å². The van der Waals surface area contributed by atoms with Crippen molar-refractivity contribution in [3.8, 4) is 0 Å². The number of nitrogen functional groups attached to an aromatic ring is 1. The van der Waals surface area contributed by atoms with Crippen molar-refractivity contribution >= 4 is 54.7 Å². The van der Waals surface area contributed by atoms with Gasteiger partial charge < -0.3 is 5.73 Å². The SMILES string of the molecule is Nc1ccccc1C(=O)c1cc(Br)c(Br)s1. The van der Waals surface area contributed by atoms with Crippen LogP contribution in [0, 0.1) is 0 Å². The predicted octanol–water partition coefficient (Wildman–Crippen LogP) is 4.09. The number of hydrogen-bond donors (Lipinski definition) is 1. The zero-order valence-corrected chi connectivity index (χ0v) is 12.0. The fraction of sp³-hybridized carbons (Fsp3) is 0. The number of nitrogens with two attached hydrogens (primary N) is 1. The molecule has 0 fully saturated rings. The van der Waals surface area contributed by atoms with E-state index in [1.807, 2.05) is 6.07 Å². The van der Waals surface area contributed by atoms with Crippen molar-refractivity contribution in [2.45, 2.75) is 0 Å². The molecule has 2 aromatic rings. The molecule has 5 heteroatoms. The molecule has 2 rings (SSSR count). The number of carbonyl (C=O) groups is 1. The minimum absolute atomic E-state index is 0.0468. The van der Waals surface area contributed by atoms with Crippen molar-refractivity contribution in [2.24, 2.45) is 0 Å². The number of rotatable bonds is 2. The summed E-state index contributed by atoms with van der Waals surface area (Å²) in [6.45, 7) is 0. The van der Waals surface area contributed by atoms with E-state index in [0.29, 0.717) is 16.1 Å². The minimum Gasteiger partial charge on any atom is -0.398 e. The second-order valence-electron chi connectivity index (χ2n) is 3.15. The van der Waals surface area contributed by atoms with E-state index in [9.17, 15) is 4.79 Å². The van der Waals surface area contributed by atoms with Gasteiger partial charge in [0.15, 0.2) is 0 Å². The summed E-state index contributed by atoms with van der Waals surface area (Å²) in [6, 6.07) is 8.88. The fourth-order valence-electron chi connectivity index (χ4n) is 1.30. The van der Waals surface area contributed by atoms with Crippen LogP contribution in [0.2, 0.25) is 0 Å². The van der Waals surface area contributed by atoms with Crippen LogP contribution < -0.4 is 5.73 Å². The van der Waals surface area contributed by atoms with Crippen LogP contribution in [0.1, 0.15) is 15.2 Å². The zero-order valence-electron chi connectivity index (χ0n) is 8.04. The molecule has 0 radical (unpaired) electrons. The van der Waals surface area contributed by atoms with Crippen LogP contribution in [0.3, 0.4) is 0 Å². The van der Waals surface area contributed by atoms with Gasteiger partial charge in [-0.3, -0.25) is 4.79 Å². The van der Waals surface area contributed by atoms with Gasteiger partial charge in [0.1, 0.15) is 0 Å². The van der Waals surface area contributed by atoms with Crippen molar-refractivity contribution in [3.63, 3.8) is 0 Å². The highest BCUT2D eigenvalue weighted by Crippen LogP contribution is 2.34. The molecule has 0 saturated carbocycles. The molecule has 0 atom stereocenters. The molecule has 1 aromatic heterocycles. The molecule has 16 heavy (non-hydrogen) atoms. The number of thiophene rings is 1. The molecule has 82 valence electrons. The number of anilines is 1. The average Bonchev–Trinajstić information content (AvgIpc) is 2.59. The summed E-state index contributed by atoms with van der Waals surface area (Å²) in [7, 11) is 0. The van der Waals surface area contributed by atoms with Crippen LogP contribution in [0.25, 0.3) is 0 Å². The Hall–Kier alpha value is -0.650. The van der Waals surface area contributed by atoms with E-state index < -0.39 is 0 Å². The molecular weight excluding hydrogens is 354 g/mol. The van der Waals surface area contributed by atoms with E-state index in [1.165, 1.54) is 11.3 Å². The van der Waals surface area contributed by atoms with E-state index in [2.05, 4.69) is 31.9 Å². The van der Waals surface area contributed by atoms with Crippen LogP contribution >= 0.6 is 43.2 Å². The molecule has 0 aliphatic carbocycles.